The van der Waals surface area contributed by atoms with Gasteiger partial charge in [0.25, 0.3) is 0 Å². The van der Waals surface area contributed by atoms with E-state index in [9.17, 15) is 0 Å². The summed E-state index contributed by atoms with van der Waals surface area (Å²) in [5.41, 5.74) is 0. The average Bonchev–Trinajstić information content (AvgIpc) is 2.71. The van der Waals surface area contributed by atoms with E-state index in [0.29, 0.717) is 0 Å². The maximum atomic E-state index is 2.70. The average molecular weight is 197 g/mol. The minimum atomic E-state index is 0.828. The third-order valence-corrected chi connectivity index (χ3v) is 3.85. The molecule has 2 atom stereocenters. The lowest BCUT2D eigenvalue weighted by Crippen LogP contribution is -2.36. The van der Waals surface area contributed by atoms with Gasteiger partial charge in [0.1, 0.15) is 0 Å². The summed E-state index contributed by atoms with van der Waals surface area (Å²) < 4.78 is 0. The Morgan fingerprint density at radius 3 is 2.29 bits per heavy atom. The zero-order valence-corrected chi connectivity index (χ0v) is 10.3. The molecule has 2 unspecified atom stereocenters. The van der Waals surface area contributed by atoms with Crippen molar-refractivity contribution < 1.29 is 0 Å². The zero-order valence-electron chi connectivity index (χ0n) is 10.3. The van der Waals surface area contributed by atoms with Crippen LogP contribution in [0.15, 0.2) is 0 Å². The van der Waals surface area contributed by atoms with Crippen LogP contribution in [0.5, 0.6) is 0 Å². The molecule has 1 fully saturated rings. The topological polar surface area (TPSA) is 3.24 Å². The van der Waals surface area contributed by atoms with Crippen LogP contribution in [-0.2, 0) is 0 Å². The molecule has 0 bridgehead atoms. The van der Waals surface area contributed by atoms with E-state index < -0.39 is 0 Å². The van der Waals surface area contributed by atoms with Crippen LogP contribution >= 0.6 is 0 Å². The molecule has 0 N–H and O–H groups in total. The van der Waals surface area contributed by atoms with Crippen molar-refractivity contribution in [3.63, 3.8) is 0 Å². The smallest absolute Gasteiger partial charge is 0.00950 e. The van der Waals surface area contributed by atoms with Crippen LogP contribution < -0.4 is 0 Å². The molecule has 1 nitrogen and oxygen atoms in total. The first-order valence-electron chi connectivity index (χ1n) is 6.53. The Morgan fingerprint density at radius 2 is 1.79 bits per heavy atom. The molecule has 84 valence electrons. The van der Waals surface area contributed by atoms with Crippen molar-refractivity contribution in [3.8, 4) is 0 Å². The normalized spacial score (nSPS) is 22.5. The minimum absolute atomic E-state index is 0.828. The highest BCUT2D eigenvalue weighted by atomic mass is 15.2. The quantitative estimate of drug-likeness (QED) is 0.628. The second-order valence-corrected chi connectivity index (χ2v) is 4.79. The van der Waals surface area contributed by atoms with Crippen LogP contribution in [0, 0.1) is 5.92 Å². The highest BCUT2D eigenvalue weighted by molar-refractivity contribution is 4.78. The third-order valence-electron chi connectivity index (χ3n) is 3.85. The van der Waals surface area contributed by atoms with Crippen LogP contribution in [0.1, 0.15) is 59.3 Å². The molecular weight excluding hydrogens is 170 g/mol. The summed E-state index contributed by atoms with van der Waals surface area (Å²) in [6, 6.07) is 0.828. The van der Waals surface area contributed by atoms with E-state index in [1.807, 2.05) is 0 Å². The van der Waals surface area contributed by atoms with E-state index in [1.165, 1.54) is 51.6 Å². The van der Waals surface area contributed by atoms with Crippen molar-refractivity contribution in [2.45, 2.75) is 65.3 Å². The molecule has 0 aromatic heterocycles. The summed E-state index contributed by atoms with van der Waals surface area (Å²) in [6.07, 6.45) is 8.41. The Kier molecular flexibility index (Phi) is 5.54. The standard InChI is InChI=1S/C13H27N/c1-4-6-9-13(5-2)12(3)14-10-7-8-11-14/h12-13H,4-11H2,1-3H3. The Morgan fingerprint density at radius 1 is 1.14 bits per heavy atom. The molecular formula is C13H27N. The molecule has 0 saturated carbocycles. The summed E-state index contributed by atoms with van der Waals surface area (Å²) in [6.45, 7) is 9.79. The lowest BCUT2D eigenvalue weighted by atomic mass is 9.91. The Balaban J connectivity index is 2.33. The van der Waals surface area contributed by atoms with Crippen molar-refractivity contribution in [2.24, 2.45) is 5.92 Å². The van der Waals surface area contributed by atoms with Gasteiger partial charge in [0.05, 0.1) is 0 Å². The molecule has 1 heteroatoms. The Hall–Kier alpha value is -0.0400. The fourth-order valence-electron chi connectivity index (χ4n) is 2.70. The number of likely N-dealkylation sites (tertiary alicyclic amines) is 1. The first-order chi connectivity index (χ1) is 6.79. The second kappa shape index (κ2) is 6.44. The third kappa shape index (κ3) is 3.27. The molecule has 0 aromatic rings. The predicted molar refractivity (Wildman–Crippen MR) is 63.6 cm³/mol. The van der Waals surface area contributed by atoms with Crippen molar-refractivity contribution >= 4 is 0 Å². The number of hydrogen-bond donors (Lipinski definition) is 0. The summed E-state index contributed by atoms with van der Waals surface area (Å²) >= 11 is 0. The first-order valence-corrected chi connectivity index (χ1v) is 6.53. The van der Waals surface area contributed by atoms with Gasteiger partial charge in [-0.25, -0.2) is 0 Å². The second-order valence-electron chi connectivity index (χ2n) is 4.79. The molecule has 0 aliphatic carbocycles. The maximum absolute atomic E-state index is 2.70. The summed E-state index contributed by atoms with van der Waals surface area (Å²) in [5, 5.41) is 0. The van der Waals surface area contributed by atoms with E-state index in [2.05, 4.69) is 25.7 Å². The lowest BCUT2D eigenvalue weighted by molar-refractivity contribution is 0.176. The molecule has 0 spiro atoms. The van der Waals surface area contributed by atoms with Gasteiger partial charge in [-0.3, -0.25) is 0 Å². The van der Waals surface area contributed by atoms with Crippen LogP contribution in [0.4, 0.5) is 0 Å². The SMILES string of the molecule is CCCCC(CC)C(C)N1CCCC1. The predicted octanol–water partition coefficient (Wildman–Crippen LogP) is 3.69. The number of nitrogens with zero attached hydrogens (tertiary/aromatic N) is 1. The number of unbranched alkanes of at least 4 members (excludes halogenated alkanes) is 1. The summed E-state index contributed by atoms with van der Waals surface area (Å²) in [5.74, 6) is 0.938. The van der Waals surface area contributed by atoms with Gasteiger partial charge in [0.2, 0.25) is 0 Å². The largest absolute Gasteiger partial charge is 0.300 e. The van der Waals surface area contributed by atoms with Crippen molar-refractivity contribution in [3.05, 3.63) is 0 Å². The molecule has 1 heterocycles. The fraction of sp³-hybridized carbons (Fsp3) is 1.00. The van der Waals surface area contributed by atoms with Crippen LogP contribution in [-0.4, -0.2) is 24.0 Å². The maximum Gasteiger partial charge on any atom is 0.00950 e. The van der Waals surface area contributed by atoms with E-state index >= 15 is 0 Å². The van der Waals surface area contributed by atoms with Gasteiger partial charge in [0, 0.05) is 6.04 Å². The van der Waals surface area contributed by atoms with Gasteiger partial charge in [-0.1, -0.05) is 33.1 Å². The lowest BCUT2D eigenvalue weighted by Gasteiger charge is -2.31. The molecule has 14 heavy (non-hydrogen) atoms. The summed E-state index contributed by atoms with van der Waals surface area (Å²) in [7, 11) is 0. The molecule has 0 amide bonds. The van der Waals surface area contributed by atoms with Gasteiger partial charge in [0.15, 0.2) is 0 Å². The molecule has 1 rings (SSSR count). The van der Waals surface area contributed by atoms with Crippen molar-refractivity contribution in [1.82, 2.24) is 4.90 Å². The molecule has 1 saturated heterocycles. The van der Waals surface area contributed by atoms with E-state index in [4.69, 9.17) is 0 Å². The fourth-order valence-corrected chi connectivity index (χ4v) is 2.70. The number of rotatable bonds is 6. The Bertz CT molecular complexity index is 138. The monoisotopic (exact) mass is 197 g/mol. The van der Waals surface area contributed by atoms with Gasteiger partial charge in [-0.05, 0) is 45.2 Å². The van der Waals surface area contributed by atoms with Crippen molar-refractivity contribution in [1.29, 1.82) is 0 Å². The van der Waals surface area contributed by atoms with Gasteiger partial charge in [-0.15, -0.1) is 0 Å². The number of hydrogen-bond acceptors (Lipinski definition) is 1. The minimum Gasteiger partial charge on any atom is -0.300 e. The highest BCUT2D eigenvalue weighted by Crippen LogP contribution is 2.23. The first kappa shape index (κ1) is 12.0. The van der Waals surface area contributed by atoms with Gasteiger partial charge in [-0.2, -0.15) is 0 Å². The van der Waals surface area contributed by atoms with Crippen LogP contribution in [0.3, 0.4) is 0 Å². The van der Waals surface area contributed by atoms with Crippen molar-refractivity contribution in [2.75, 3.05) is 13.1 Å². The zero-order chi connectivity index (χ0) is 10.4. The molecule has 1 aliphatic heterocycles. The Labute approximate surface area is 89.9 Å². The molecule has 0 radical (unpaired) electrons. The van der Waals surface area contributed by atoms with Gasteiger partial charge >= 0.3 is 0 Å². The van der Waals surface area contributed by atoms with E-state index in [-0.39, 0.29) is 0 Å². The highest BCUT2D eigenvalue weighted by Gasteiger charge is 2.23. The van der Waals surface area contributed by atoms with Crippen LogP contribution in [0.25, 0.3) is 0 Å². The molecule has 0 aromatic carbocycles. The van der Waals surface area contributed by atoms with Crippen LogP contribution in [0.2, 0.25) is 0 Å². The van der Waals surface area contributed by atoms with E-state index in [0.717, 1.165) is 12.0 Å². The van der Waals surface area contributed by atoms with E-state index in [1.54, 1.807) is 0 Å². The molecule has 1 aliphatic rings. The summed E-state index contributed by atoms with van der Waals surface area (Å²) in [4.78, 5) is 2.70. The van der Waals surface area contributed by atoms with Gasteiger partial charge < -0.3 is 4.90 Å².